The van der Waals surface area contributed by atoms with Crippen molar-refractivity contribution in [3.8, 4) is 11.1 Å². The van der Waals surface area contributed by atoms with E-state index in [0.29, 0.717) is 0 Å². The highest BCUT2D eigenvalue weighted by atomic mass is 35.5. The minimum Gasteiger partial charge on any atom is -0.312 e. The number of rotatable bonds is 1. The van der Waals surface area contributed by atoms with Gasteiger partial charge in [-0.05, 0) is 47.4 Å². The molecule has 1 heterocycles. The minimum atomic E-state index is 0.788. The second kappa shape index (κ2) is 4.52. The number of nitrogens with one attached hydrogen (secondary N) is 1. The third-order valence-electron chi connectivity index (χ3n) is 3.27. The Bertz CT molecular complexity index is 531. The van der Waals surface area contributed by atoms with Crippen LogP contribution < -0.4 is 5.32 Å². The van der Waals surface area contributed by atoms with E-state index in [1.807, 2.05) is 12.1 Å². The molecule has 0 spiro atoms. The zero-order chi connectivity index (χ0) is 11.7. The van der Waals surface area contributed by atoms with Gasteiger partial charge in [0, 0.05) is 11.6 Å². The van der Waals surface area contributed by atoms with Gasteiger partial charge in [-0.2, -0.15) is 0 Å². The lowest BCUT2D eigenvalue weighted by Crippen LogP contribution is -2.23. The largest absolute Gasteiger partial charge is 0.312 e. The van der Waals surface area contributed by atoms with E-state index in [1.54, 1.807) is 0 Å². The molecule has 0 aliphatic carbocycles. The van der Waals surface area contributed by atoms with Crippen molar-refractivity contribution in [2.45, 2.75) is 13.0 Å². The molecule has 0 unspecified atom stereocenters. The van der Waals surface area contributed by atoms with Crippen LogP contribution in [0.5, 0.6) is 0 Å². The van der Waals surface area contributed by atoms with Gasteiger partial charge < -0.3 is 5.32 Å². The van der Waals surface area contributed by atoms with E-state index in [2.05, 4.69) is 35.6 Å². The minimum absolute atomic E-state index is 0.788. The first-order valence-electron chi connectivity index (χ1n) is 5.91. The summed E-state index contributed by atoms with van der Waals surface area (Å²) in [5.74, 6) is 0. The lowest BCUT2D eigenvalue weighted by Gasteiger charge is -2.18. The van der Waals surface area contributed by atoms with Crippen molar-refractivity contribution in [1.82, 2.24) is 5.32 Å². The second-order valence-electron chi connectivity index (χ2n) is 4.42. The van der Waals surface area contributed by atoms with Gasteiger partial charge in [0.1, 0.15) is 0 Å². The summed E-state index contributed by atoms with van der Waals surface area (Å²) in [6.07, 6.45) is 1.12. The van der Waals surface area contributed by atoms with Crippen LogP contribution in [0.3, 0.4) is 0 Å². The molecule has 0 saturated heterocycles. The molecule has 1 aliphatic heterocycles. The topological polar surface area (TPSA) is 12.0 Å². The van der Waals surface area contributed by atoms with Crippen molar-refractivity contribution in [1.29, 1.82) is 0 Å². The van der Waals surface area contributed by atoms with Crippen molar-refractivity contribution in [2.24, 2.45) is 0 Å². The van der Waals surface area contributed by atoms with Crippen LogP contribution in [0.4, 0.5) is 0 Å². The van der Waals surface area contributed by atoms with Crippen LogP contribution in [0.1, 0.15) is 11.1 Å². The van der Waals surface area contributed by atoms with Crippen LogP contribution in [0.2, 0.25) is 5.02 Å². The van der Waals surface area contributed by atoms with Gasteiger partial charge in [-0.3, -0.25) is 0 Å². The molecule has 0 aromatic heterocycles. The van der Waals surface area contributed by atoms with E-state index in [4.69, 9.17) is 11.6 Å². The molecule has 1 aliphatic rings. The normalized spacial score (nSPS) is 14.4. The van der Waals surface area contributed by atoms with Crippen molar-refractivity contribution in [3.05, 3.63) is 58.6 Å². The molecule has 2 heteroatoms. The molecule has 0 saturated carbocycles. The maximum Gasteiger partial charge on any atom is 0.0406 e. The molecule has 0 bridgehead atoms. The third-order valence-corrected chi connectivity index (χ3v) is 3.52. The maximum atomic E-state index is 5.91. The molecule has 3 rings (SSSR count). The SMILES string of the molecule is Clc1ccc(-c2ccc3c(c2)CCNC3)cc1. The van der Waals surface area contributed by atoms with Crippen LogP contribution in [0.15, 0.2) is 42.5 Å². The monoisotopic (exact) mass is 243 g/mol. The van der Waals surface area contributed by atoms with E-state index in [1.165, 1.54) is 22.3 Å². The molecule has 17 heavy (non-hydrogen) atoms. The summed E-state index contributed by atoms with van der Waals surface area (Å²) in [6, 6.07) is 14.8. The predicted molar refractivity (Wildman–Crippen MR) is 72.3 cm³/mol. The van der Waals surface area contributed by atoms with Gasteiger partial charge in [0.15, 0.2) is 0 Å². The molecular weight excluding hydrogens is 230 g/mol. The van der Waals surface area contributed by atoms with Gasteiger partial charge in [-0.1, -0.05) is 41.9 Å². The van der Waals surface area contributed by atoms with E-state index in [0.717, 1.165) is 24.5 Å². The van der Waals surface area contributed by atoms with E-state index in [-0.39, 0.29) is 0 Å². The average molecular weight is 244 g/mol. The highest BCUT2D eigenvalue weighted by molar-refractivity contribution is 6.30. The predicted octanol–water partition coefficient (Wildman–Crippen LogP) is 3.65. The molecule has 2 aromatic carbocycles. The first kappa shape index (κ1) is 10.8. The molecule has 1 N–H and O–H groups in total. The summed E-state index contributed by atoms with van der Waals surface area (Å²) in [4.78, 5) is 0. The summed E-state index contributed by atoms with van der Waals surface area (Å²) < 4.78 is 0. The smallest absolute Gasteiger partial charge is 0.0406 e. The lowest BCUT2D eigenvalue weighted by atomic mass is 9.95. The maximum absolute atomic E-state index is 5.91. The molecule has 86 valence electrons. The zero-order valence-corrected chi connectivity index (χ0v) is 10.3. The van der Waals surface area contributed by atoms with Gasteiger partial charge >= 0.3 is 0 Å². The Labute approximate surface area is 106 Å². The summed E-state index contributed by atoms with van der Waals surface area (Å²) in [5, 5.41) is 4.18. The summed E-state index contributed by atoms with van der Waals surface area (Å²) >= 11 is 5.91. The molecule has 0 fully saturated rings. The average Bonchev–Trinajstić information content (AvgIpc) is 2.39. The van der Waals surface area contributed by atoms with Gasteiger partial charge in [0.2, 0.25) is 0 Å². The fraction of sp³-hybridized carbons (Fsp3) is 0.200. The number of fused-ring (bicyclic) bond motifs is 1. The fourth-order valence-corrected chi connectivity index (χ4v) is 2.43. The first-order valence-corrected chi connectivity index (χ1v) is 6.29. The molecule has 0 amide bonds. The van der Waals surface area contributed by atoms with Crippen molar-refractivity contribution >= 4 is 11.6 Å². The summed E-state index contributed by atoms with van der Waals surface area (Å²) in [7, 11) is 0. The van der Waals surface area contributed by atoms with Crippen LogP contribution in [-0.4, -0.2) is 6.54 Å². The number of hydrogen-bond acceptors (Lipinski definition) is 1. The molecular formula is C15H14ClN. The zero-order valence-electron chi connectivity index (χ0n) is 9.54. The van der Waals surface area contributed by atoms with Crippen LogP contribution >= 0.6 is 11.6 Å². The fourth-order valence-electron chi connectivity index (χ4n) is 2.30. The van der Waals surface area contributed by atoms with E-state index in [9.17, 15) is 0 Å². The number of hydrogen-bond donors (Lipinski definition) is 1. The van der Waals surface area contributed by atoms with Crippen LogP contribution in [-0.2, 0) is 13.0 Å². The third kappa shape index (κ3) is 2.21. The Balaban J connectivity index is 2.01. The van der Waals surface area contributed by atoms with Gasteiger partial charge in [-0.15, -0.1) is 0 Å². The molecule has 2 aromatic rings. The quantitative estimate of drug-likeness (QED) is 0.806. The lowest BCUT2D eigenvalue weighted by molar-refractivity contribution is 0.644. The Kier molecular flexibility index (Phi) is 2.87. The van der Waals surface area contributed by atoms with Crippen LogP contribution in [0, 0.1) is 0 Å². The van der Waals surface area contributed by atoms with Crippen molar-refractivity contribution in [3.63, 3.8) is 0 Å². The summed E-state index contributed by atoms with van der Waals surface area (Å²) in [5.41, 5.74) is 5.41. The first-order chi connectivity index (χ1) is 8.33. The highest BCUT2D eigenvalue weighted by Crippen LogP contribution is 2.25. The van der Waals surface area contributed by atoms with Gasteiger partial charge in [0.05, 0.1) is 0 Å². The Morgan fingerprint density at radius 1 is 0.882 bits per heavy atom. The second-order valence-corrected chi connectivity index (χ2v) is 4.85. The van der Waals surface area contributed by atoms with Crippen molar-refractivity contribution in [2.75, 3.05) is 6.54 Å². The summed E-state index contributed by atoms with van der Waals surface area (Å²) in [6.45, 7) is 2.08. The van der Waals surface area contributed by atoms with E-state index >= 15 is 0 Å². The number of benzene rings is 2. The van der Waals surface area contributed by atoms with E-state index < -0.39 is 0 Å². The molecule has 1 nitrogen and oxygen atoms in total. The Morgan fingerprint density at radius 3 is 2.47 bits per heavy atom. The molecule has 0 radical (unpaired) electrons. The number of halogens is 1. The van der Waals surface area contributed by atoms with Gasteiger partial charge in [0.25, 0.3) is 0 Å². The van der Waals surface area contributed by atoms with Crippen molar-refractivity contribution < 1.29 is 0 Å². The van der Waals surface area contributed by atoms with Crippen LogP contribution in [0.25, 0.3) is 11.1 Å². The van der Waals surface area contributed by atoms with Gasteiger partial charge in [-0.25, -0.2) is 0 Å². The molecule has 0 atom stereocenters. The standard InChI is InChI=1S/C15H14ClN/c16-15-5-3-11(4-6-15)12-1-2-14-10-17-8-7-13(14)9-12/h1-6,9,17H,7-8,10H2. The highest BCUT2D eigenvalue weighted by Gasteiger charge is 2.09. The Hall–Kier alpha value is -1.31. The Morgan fingerprint density at radius 2 is 1.65 bits per heavy atom.